The smallest absolute Gasteiger partial charge is 0.241 e. The molecule has 104 valence electrons. The predicted octanol–water partition coefficient (Wildman–Crippen LogP) is 0.734. The maximum atomic E-state index is 13.5. The molecule has 0 aliphatic carbocycles. The van der Waals surface area contributed by atoms with Crippen LogP contribution >= 0.6 is 0 Å². The minimum absolute atomic E-state index is 0.0114. The van der Waals surface area contributed by atoms with Gasteiger partial charge in [-0.05, 0) is 13.0 Å². The van der Waals surface area contributed by atoms with Crippen molar-refractivity contribution in [2.45, 2.75) is 25.6 Å². The summed E-state index contributed by atoms with van der Waals surface area (Å²) in [5.74, 6) is -0.284. The molecule has 19 heavy (non-hydrogen) atoms. The predicted molar refractivity (Wildman–Crippen MR) is 72.1 cm³/mol. The number of carbonyl (C=O) groups is 1. The van der Waals surface area contributed by atoms with Gasteiger partial charge in [0.2, 0.25) is 5.91 Å². The van der Waals surface area contributed by atoms with Gasteiger partial charge in [0.15, 0.2) is 0 Å². The highest BCUT2D eigenvalue weighted by molar-refractivity contribution is 5.82. The summed E-state index contributed by atoms with van der Waals surface area (Å²) < 4.78 is 13.5. The number of hydrogen-bond donors (Lipinski definition) is 2. The molecule has 1 aliphatic heterocycles. The van der Waals surface area contributed by atoms with Crippen LogP contribution in [0.4, 0.5) is 4.39 Å². The number of hydrogen-bond acceptors (Lipinski definition) is 3. The lowest BCUT2D eigenvalue weighted by Gasteiger charge is -2.31. The molecular weight excluding hydrogens is 245 g/mol. The van der Waals surface area contributed by atoms with E-state index in [0.29, 0.717) is 24.7 Å². The maximum absolute atomic E-state index is 13.5. The van der Waals surface area contributed by atoms with Crippen LogP contribution in [0.1, 0.15) is 12.5 Å². The number of amides is 1. The average Bonchev–Trinajstić information content (AvgIpc) is 2.41. The molecule has 5 heteroatoms. The fourth-order valence-corrected chi connectivity index (χ4v) is 2.18. The number of halogens is 1. The summed E-state index contributed by atoms with van der Waals surface area (Å²) in [6, 6.07) is 6.69. The van der Waals surface area contributed by atoms with Crippen molar-refractivity contribution in [2.24, 2.45) is 0 Å². The summed E-state index contributed by atoms with van der Waals surface area (Å²) in [6.07, 6.45) is 0. The highest BCUT2D eigenvalue weighted by atomic mass is 19.1. The summed E-state index contributed by atoms with van der Waals surface area (Å²) in [5, 5.41) is 6.46. The van der Waals surface area contributed by atoms with E-state index in [0.717, 1.165) is 6.54 Å². The Labute approximate surface area is 113 Å². The molecule has 0 aromatic heterocycles. The van der Waals surface area contributed by atoms with Crippen LogP contribution in [0.25, 0.3) is 0 Å². The molecule has 0 spiro atoms. The molecule has 2 unspecified atom stereocenters. The lowest BCUT2D eigenvalue weighted by atomic mass is 10.1. The van der Waals surface area contributed by atoms with E-state index in [9.17, 15) is 9.18 Å². The highest BCUT2D eigenvalue weighted by Gasteiger charge is 2.26. The largest absolute Gasteiger partial charge is 0.340 e. The van der Waals surface area contributed by atoms with Gasteiger partial charge in [0.1, 0.15) is 5.82 Å². The number of likely N-dealkylation sites (N-methyl/N-ethyl adjacent to an activating group) is 1. The minimum Gasteiger partial charge on any atom is -0.340 e. The van der Waals surface area contributed by atoms with Crippen LogP contribution < -0.4 is 10.6 Å². The first kappa shape index (κ1) is 14.0. The molecule has 0 bridgehead atoms. The van der Waals surface area contributed by atoms with Crippen molar-refractivity contribution in [3.63, 3.8) is 0 Å². The quantitative estimate of drug-likeness (QED) is 0.847. The number of nitrogens with one attached hydrogen (secondary N) is 2. The Morgan fingerprint density at radius 1 is 1.37 bits per heavy atom. The number of carbonyl (C=O) groups excluding carboxylic acids is 1. The molecule has 1 fully saturated rings. The lowest BCUT2D eigenvalue weighted by Crippen LogP contribution is -2.58. The van der Waals surface area contributed by atoms with E-state index in [4.69, 9.17) is 0 Å². The normalized spacial score (nSPS) is 23.1. The Morgan fingerprint density at radius 2 is 2.11 bits per heavy atom. The SMILES string of the molecule is CC1CNC(C(=O)N(C)Cc2ccccc2F)CN1. The van der Waals surface area contributed by atoms with E-state index in [1.54, 1.807) is 30.1 Å². The van der Waals surface area contributed by atoms with Crippen molar-refractivity contribution < 1.29 is 9.18 Å². The van der Waals surface area contributed by atoms with Crippen LogP contribution in [-0.2, 0) is 11.3 Å². The third-order valence-electron chi connectivity index (χ3n) is 3.38. The zero-order chi connectivity index (χ0) is 13.8. The highest BCUT2D eigenvalue weighted by Crippen LogP contribution is 2.10. The molecule has 0 radical (unpaired) electrons. The van der Waals surface area contributed by atoms with Crippen LogP contribution in [0, 0.1) is 5.82 Å². The van der Waals surface area contributed by atoms with Crippen LogP contribution in [-0.4, -0.2) is 43.0 Å². The second-order valence-electron chi connectivity index (χ2n) is 5.06. The van der Waals surface area contributed by atoms with Crippen LogP contribution in [0.3, 0.4) is 0 Å². The van der Waals surface area contributed by atoms with E-state index in [1.807, 2.05) is 0 Å². The fraction of sp³-hybridized carbons (Fsp3) is 0.500. The first-order valence-corrected chi connectivity index (χ1v) is 6.53. The van der Waals surface area contributed by atoms with Gasteiger partial charge in [-0.15, -0.1) is 0 Å². The van der Waals surface area contributed by atoms with E-state index in [1.165, 1.54) is 6.07 Å². The molecule has 1 aromatic rings. The molecule has 2 rings (SSSR count). The van der Waals surface area contributed by atoms with Crippen molar-refractivity contribution in [3.05, 3.63) is 35.6 Å². The Hall–Kier alpha value is -1.46. The van der Waals surface area contributed by atoms with Gasteiger partial charge in [-0.25, -0.2) is 4.39 Å². The van der Waals surface area contributed by atoms with E-state index in [2.05, 4.69) is 17.6 Å². The van der Waals surface area contributed by atoms with Crippen molar-refractivity contribution in [2.75, 3.05) is 20.1 Å². The monoisotopic (exact) mass is 265 g/mol. The Bertz CT molecular complexity index is 444. The first-order valence-electron chi connectivity index (χ1n) is 6.53. The second kappa shape index (κ2) is 6.12. The van der Waals surface area contributed by atoms with Gasteiger partial charge < -0.3 is 15.5 Å². The van der Waals surface area contributed by atoms with Gasteiger partial charge in [-0.2, -0.15) is 0 Å². The molecule has 4 nitrogen and oxygen atoms in total. The molecular formula is C14H20FN3O. The molecule has 2 atom stereocenters. The summed E-state index contributed by atoms with van der Waals surface area (Å²) in [7, 11) is 1.70. The third kappa shape index (κ3) is 3.52. The molecule has 2 N–H and O–H groups in total. The van der Waals surface area contributed by atoms with Crippen molar-refractivity contribution in [3.8, 4) is 0 Å². The molecule has 1 saturated heterocycles. The molecule has 0 saturated carbocycles. The summed E-state index contributed by atoms with van der Waals surface area (Å²) in [4.78, 5) is 13.8. The van der Waals surface area contributed by atoms with Crippen molar-refractivity contribution in [1.29, 1.82) is 0 Å². The van der Waals surface area contributed by atoms with Crippen LogP contribution in [0.2, 0.25) is 0 Å². The van der Waals surface area contributed by atoms with Gasteiger partial charge in [0, 0.05) is 38.3 Å². The zero-order valence-electron chi connectivity index (χ0n) is 11.3. The molecule has 1 aromatic carbocycles. The lowest BCUT2D eigenvalue weighted by molar-refractivity contribution is -0.133. The summed E-state index contributed by atoms with van der Waals surface area (Å²) >= 11 is 0. The first-order chi connectivity index (χ1) is 9.08. The Balaban J connectivity index is 1.94. The fourth-order valence-electron chi connectivity index (χ4n) is 2.18. The van der Waals surface area contributed by atoms with Gasteiger partial charge in [0.05, 0.1) is 6.04 Å². The van der Waals surface area contributed by atoms with Crippen molar-refractivity contribution >= 4 is 5.91 Å². The second-order valence-corrected chi connectivity index (χ2v) is 5.06. The zero-order valence-corrected chi connectivity index (χ0v) is 11.3. The molecule has 1 aliphatic rings. The number of nitrogens with zero attached hydrogens (tertiary/aromatic N) is 1. The topological polar surface area (TPSA) is 44.4 Å². The van der Waals surface area contributed by atoms with Gasteiger partial charge in [-0.1, -0.05) is 18.2 Å². The Kier molecular flexibility index (Phi) is 4.50. The number of piperazine rings is 1. The van der Waals surface area contributed by atoms with E-state index >= 15 is 0 Å². The standard InChI is InChI=1S/C14H20FN3O/c1-10-7-17-13(8-16-10)14(19)18(2)9-11-5-3-4-6-12(11)15/h3-6,10,13,16-17H,7-9H2,1-2H3. The average molecular weight is 265 g/mol. The van der Waals surface area contributed by atoms with Gasteiger partial charge >= 0.3 is 0 Å². The van der Waals surface area contributed by atoms with E-state index in [-0.39, 0.29) is 17.8 Å². The number of benzene rings is 1. The van der Waals surface area contributed by atoms with E-state index < -0.39 is 0 Å². The number of rotatable bonds is 3. The molecule has 1 amide bonds. The Morgan fingerprint density at radius 3 is 2.74 bits per heavy atom. The van der Waals surface area contributed by atoms with Crippen LogP contribution in [0.15, 0.2) is 24.3 Å². The summed E-state index contributed by atoms with van der Waals surface area (Å²) in [5.41, 5.74) is 0.537. The third-order valence-corrected chi connectivity index (χ3v) is 3.38. The van der Waals surface area contributed by atoms with Gasteiger partial charge in [-0.3, -0.25) is 4.79 Å². The minimum atomic E-state index is -0.273. The van der Waals surface area contributed by atoms with Crippen molar-refractivity contribution in [1.82, 2.24) is 15.5 Å². The maximum Gasteiger partial charge on any atom is 0.241 e. The summed E-state index contributed by atoms with van der Waals surface area (Å²) in [6.45, 7) is 3.74. The molecule has 1 heterocycles. The van der Waals surface area contributed by atoms with Crippen LogP contribution in [0.5, 0.6) is 0 Å². The van der Waals surface area contributed by atoms with Gasteiger partial charge in [0.25, 0.3) is 0 Å².